The van der Waals surface area contributed by atoms with Crippen molar-refractivity contribution in [2.24, 2.45) is 0 Å². The quantitative estimate of drug-likeness (QED) is 0.592. The summed E-state index contributed by atoms with van der Waals surface area (Å²) < 4.78 is 28.7. The van der Waals surface area contributed by atoms with E-state index < -0.39 is 30.0 Å². The van der Waals surface area contributed by atoms with Gasteiger partial charge in [0.2, 0.25) is 0 Å². The minimum atomic E-state index is -0.551. The van der Waals surface area contributed by atoms with Crippen molar-refractivity contribution in [2.45, 2.75) is 65.3 Å². The lowest BCUT2D eigenvalue weighted by Gasteiger charge is -2.32. The molecule has 1 aliphatic heterocycles. The lowest BCUT2D eigenvalue weighted by molar-refractivity contribution is 0.00578. The zero-order valence-corrected chi connectivity index (χ0v) is 18.2. The predicted octanol–water partition coefficient (Wildman–Crippen LogP) is 2.90. The van der Waals surface area contributed by atoms with E-state index in [1.807, 2.05) is 60.6 Å². The average molecular weight is 393 g/mol. The Kier molecular flexibility index (Phi) is 6.56. The summed E-state index contributed by atoms with van der Waals surface area (Å²) in [4.78, 5) is 11.7. The lowest BCUT2D eigenvalue weighted by atomic mass is 9.78. The first-order valence-corrected chi connectivity index (χ1v) is 9.48. The molecule has 0 spiro atoms. The van der Waals surface area contributed by atoms with Crippen molar-refractivity contribution in [3.8, 4) is 11.5 Å². The number of rotatable bonds is 6. The normalized spacial score (nSPS) is 17.9. The maximum atomic E-state index is 11.7. The van der Waals surface area contributed by atoms with E-state index in [4.69, 9.17) is 23.5 Å². The van der Waals surface area contributed by atoms with E-state index in [1.165, 1.54) is 0 Å². The van der Waals surface area contributed by atoms with Gasteiger partial charge in [-0.1, -0.05) is 6.07 Å². The predicted molar refractivity (Wildman–Crippen MR) is 108 cm³/mol. The maximum absolute atomic E-state index is 11.7. The van der Waals surface area contributed by atoms with Gasteiger partial charge in [-0.15, -0.1) is 0 Å². The van der Waals surface area contributed by atoms with Crippen LogP contribution in [-0.4, -0.2) is 50.3 Å². The molecule has 1 heterocycles. The number of hydrogen-bond donors (Lipinski definition) is 1. The maximum Gasteiger partial charge on any atom is 0.498 e. The standard InChI is InChI=1S/C20H32BNO6/c1-18(2,3)26-17(23)22-11-12-25-16-13-14(24-8)9-10-15(16)21-27-19(4,5)20(6,7)28-21/h9-10,13H,11-12H2,1-8H3,(H,22,23). The van der Waals surface area contributed by atoms with E-state index in [9.17, 15) is 4.79 Å². The Bertz CT molecular complexity index is 682. The van der Waals surface area contributed by atoms with Gasteiger partial charge in [0.1, 0.15) is 23.7 Å². The molecule has 2 rings (SSSR count). The van der Waals surface area contributed by atoms with E-state index >= 15 is 0 Å². The van der Waals surface area contributed by atoms with Crippen molar-refractivity contribution in [1.29, 1.82) is 0 Å². The topological polar surface area (TPSA) is 75.3 Å². The molecule has 1 amide bonds. The number of nitrogens with one attached hydrogen (secondary N) is 1. The highest BCUT2D eigenvalue weighted by atomic mass is 16.7. The van der Waals surface area contributed by atoms with Gasteiger partial charge in [-0.25, -0.2) is 4.79 Å². The highest BCUT2D eigenvalue weighted by Gasteiger charge is 2.52. The first-order chi connectivity index (χ1) is 12.8. The van der Waals surface area contributed by atoms with Gasteiger partial charge in [-0.05, 0) is 54.5 Å². The van der Waals surface area contributed by atoms with Crippen LogP contribution in [0.25, 0.3) is 0 Å². The lowest BCUT2D eigenvalue weighted by Crippen LogP contribution is -2.41. The molecule has 7 nitrogen and oxygen atoms in total. The minimum Gasteiger partial charge on any atom is -0.497 e. The molecule has 1 fully saturated rings. The number of amides is 1. The minimum absolute atomic E-state index is 0.263. The molecular weight excluding hydrogens is 361 g/mol. The Morgan fingerprint density at radius 2 is 1.75 bits per heavy atom. The van der Waals surface area contributed by atoms with E-state index in [-0.39, 0.29) is 6.61 Å². The summed E-state index contributed by atoms with van der Waals surface area (Å²) in [7, 11) is 1.04. The highest BCUT2D eigenvalue weighted by Crippen LogP contribution is 2.37. The van der Waals surface area contributed by atoms with Gasteiger partial charge in [0.25, 0.3) is 0 Å². The zero-order valence-electron chi connectivity index (χ0n) is 18.2. The Morgan fingerprint density at radius 3 is 2.29 bits per heavy atom. The van der Waals surface area contributed by atoms with Crippen LogP contribution in [0.15, 0.2) is 18.2 Å². The molecule has 0 bridgehead atoms. The van der Waals surface area contributed by atoms with Crippen molar-refractivity contribution in [3.63, 3.8) is 0 Å². The monoisotopic (exact) mass is 393 g/mol. The SMILES string of the molecule is COc1ccc(B2OC(C)(C)C(C)(C)O2)c(OCCNC(=O)OC(C)(C)C)c1. The summed E-state index contributed by atoms with van der Waals surface area (Å²) in [6.45, 7) is 14.0. The molecule has 0 aromatic heterocycles. The van der Waals surface area contributed by atoms with Crippen LogP contribution in [0.3, 0.4) is 0 Å². The van der Waals surface area contributed by atoms with Crippen LogP contribution in [0.4, 0.5) is 4.79 Å². The van der Waals surface area contributed by atoms with E-state index in [0.29, 0.717) is 18.0 Å². The van der Waals surface area contributed by atoms with E-state index in [2.05, 4.69) is 5.32 Å². The van der Waals surface area contributed by atoms with Crippen molar-refractivity contribution in [3.05, 3.63) is 18.2 Å². The molecule has 0 radical (unpaired) electrons. The second-order valence-electron chi connectivity index (χ2n) is 8.77. The van der Waals surface area contributed by atoms with Crippen molar-refractivity contribution >= 4 is 18.7 Å². The van der Waals surface area contributed by atoms with Gasteiger partial charge in [0.05, 0.1) is 24.9 Å². The third-order valence-electron chi connectivity index (χ3n) is 4.76. The number of methoxy groups -OCH3 is 1. The number of carbonyl (C=O) groups is 1. The number of hydrogen-bond acceptors (Lipinski definition) is 6. The number of ether oxygens (including phenoxy) is 3. The summed E-state index contributed by atoms with van der Waals surface area (Å²) >= 11 is 0. The van der Waals surface area contributed by atoms with E-state index in [1.54, 1.807) is 13.2 Å². The van der Waals surface area contributed by atoms with E-state index in [0.717, 1.165) is 5.46 Å². The third-order valence-corrected chi connectivity index (χ3v) is 4.76. The Labute approximate surface area is 168 Å². The van der Waals surface area contributed by atoms with Crippen LogP contribution in [0, 0.1) is 0 Å². The van der Waals surface area contributed by atoms with Gasteiger partial charge in [-0.3, -0.25) is 0 Å². The van der Waals surface area contributed by atoms with Crippen LogP contribution in [0.1, 0.15) is 48.5 Å². The van der Waals surface area contributed by atoms with Crippen molar-refractivity contribution < 1.29 is 28.3 Å². The molecule has 156 valence electrons. The fourth-order valence-corrected chi connectivity index (χ4v) is 2.56. The molecular formula is C20H32BNO6. The summed E-state index contributed by atoms with van der Waals surface area (Å²) in [5.74, 6) is 1.25. The Hall–Kier alpha value is -1.93. The fourth-order valence-electron chi connectivity index (χ4n) is 2.56. The number of alkyl carbamates (subject to hydrolysis) is 1. The zero-order chi connectivity index (χ0) is 21.2. The second kappa shape index (κ2) is 8.21. The van der Waals surface area contributed by atoms with Crippen molar-refractivity contribution in [1.82, 2.24) is 5.32 Å². The molecule has 0 atom stereocenters. The van der Waals surface area contributed by atoms with Gasteiger partial charge < -0.3 is 28.8 Å². The second-order valence-corrected chi connectivity index (χ2v) is 8.77. The van der Waals surface area contributed by atoms with Gasteiger partial charge >= 0.3 is 13.2 Å². The van der Waals surface area contributed by atoms with Crippen LogP contribution in [-0.2, 0) is 14.0 Å². The summed E-state index contributed by atoms with van der Waals surface area (Å²) in [6, 6.07) is 5.50. The van der Waals surface area contributed by atoms with Crippen LogP contribution >= 0.6 is 0 Å². The van der Waals surface area contributed by atoms with Crippen LogP contribution in [0.5, 0.6) is 11.5 Å². The molecule has 1 N–H and O–H groups in total. The van der Waals surface area contributed by atoms with Gasteiger partial charge in [0.15, 0.2) is 0 Å². The molecule has 1 aliphatic rings. The highest BCUT2D eigenvalue weighted by molar-refractivity contribution is 6.63. The molecule has 0 aliphatic carbocycles. The third kappa shape index (κ3) is 5.55. The average Bonchev–Trinajstić information content (AvgIpc) is 2.77. The van der Waals surface area contributed by atoms with Crippen LogP contribution in [0.2, 0.25) is 0 Å². The molecule has 1 saturated heterocycles. The van der Waals surface area contributed by atoms with Gasteiger partial charge in [0, 0.05) is 11.5 Å². The number of carbonyl (C=O) groups excluding carboxylic acids is 1. The number of benzene rings is 1. The summed E-state index contributed by atoms with van der Waals surface area (Å²) in [5, 5.41) is 2.67. The first kappa shape index (κ1) is 22.4. The van der Waals surface area contributed by atoms with Crippen molar-refractivity contribution in [2.75, 3.05) is 20.3 Å². The largest absolute Gasteiger partial charge is 0.498 e. The molecule has 28 heavy (non-hydrogen) atoms. The molecule has 8 heteroatoms. The Morgan fingerprint density at radius 1 is 1.14 bits per heavy atom. The Balaban J connectivity index is 2.04. The molecule has 1 aromatic carbocycles. The fraction of sp³-hybridized carbons (Fsp3) is 0.650. The summed E-state index contributed by atoms with van der Waals surface area (Å²) in [5.41, 5.74) is -0.668. The first-order valence-electron chi connectivity index (χ1n) is 9.48. The smallest absolute Gasteiger partial charge is 0.497 e. The van der Waals surface area contributed by atoms with Gasteiger partial charge in [-0.2, -0.15) is 0 Å². The molecule has 0 unspecified atom stereocenters. The molecule has 0 saturated carbocycles. The van der Waals surface area contributed by atoms with Crippen LogP contribution < -0.4 is 20.3 Å². The molecule has 1 aromatic rings. The summed E-state index contributed by atoms with van der Waals surface area (Å²) in [6.07, 6.45) is -0.479.